The summed E-state index contributed by atoms with van der Waals surface area (Å²) >= 11 is 0. The Morgan fingerprint density at radius 1 is 0.963 bits per heavy atom. The molecule has 27 heavy (non-hydrogen) atoms. The molecule has 0 heterocycles. The minimum absolute atomic E-state index is 0.108. The van der Waals surface area contributed by atoms with Gasteiger partial charge in [-0.1, -0.05) is 48.5 Å². The first-order chi connectivity index (χ1) is 13.3. The van der Waals surface area contributed by atoms with E-state index >= 15 is 0 Å². The zero-order valence-corrected chi connectivity index (χ0v) is 15.4. The van der Waals surface area contributed by atoms with Gasteiger partial charge < -0.3 is 15.4 Å². The molecule has 0 unspecified atom stereocenters. The van der Waals surface area contributed by atoms with E-state index in [1.807, 2.05) is 49.4 Å². The van der Waals surface area contributed by atoms with Crippen LogP contribution in [0.2, 0.25) is 0 Å². The number of fused-ring (bicyclic) bond motifs is 1. The van der Waals surface area contributed by atoms with E-state index in [2.05, 4.69) is 34.9 Å². The quantitative estimate of drug-likeness (QED) is 0.460. The van der Waals surface area contributed by atoms with Crippen LogP contribution in [0.1, 0.15) is 12.5 Å². The van der Waals surface area contributed by atoms with E-state index in [1.54, 1.807) is 12.2 Å². The van der Waals surface area contributed by atoms with Gasteiger partial charge >= 0.3 is 0 Å². The Balaban J connectivity index is 1.45. The van der Waals surface area contributed by atoms with Crippen LogP contribution in [0.5, 0.6) is 5.75 Å². The number of carbonyl (C=O) groups excluding carboxylic acids is 1. The number of rotatable bonds is 8. The van der Waals surface area contributed by atoms with Crippen molar-refractivity contribution >= 4 is 28.4 Å². The Labute approximate surface area is 159 Å². The summed E-state index contributed by atoms with van der Waals surface area (Å²) in [5.74, 6) is 0.724. The lowest BCUT2D eigenvalue weighted by Gasteiger charge is -2.10. The van der Waals surface area contributed by atoms with Crippen molar-refractivity contribution < 1.29 is 9.53 Å². The van der Waals surface area contributed by atoms with E-state index in [9.17, 15) is 4.79 Å². The molecule has 0 spiro atoms. The lowest BCUT2D eigenvalue weighted by molar-refractivity contribution is -0.116. The standard InChI is InChI=1S/C23H24N2O2/c1-2-27-20-13-10-18(11-14-20)12-15-23(26)25-17-16-24-22-9-5-7-19-6-3-4-8-21(19)22/h3-15,24H,2,16-17H2,1H3,(H,25,26)/b15-12+. The van der Waals surface area contributed by atoms with E-state index in [1.165, 1.54) is 10.8 Å². The predicted molar refractivity (Wildman–Crippen MR) is 112 cm³/mol. The molecule has 0 radical (unpaired) electrons. The minimum Gasteiger partial charge on any atom is -0.494 e. The molecule has 3 aromatic rings. The highest BCUT2D eigenvalue weighted by atomic mass is 16.5. The predicted octanol–water partition coefficient (Wildman–Crippen LogP) is 4.48. The van der Waals surface area contributed by atoms with Crippen LogP contribution in [0, 0.1) is 0 Å². The van der Waals surface area contributed by atoms with Gasteiger partial charge in [0.1, 0.15) is 5.75 Å². The Hall–Kier alpha value is -3.27. The topological polar surface area (TPSA) is 50.4 Å². The second-order valence-electron chi connectivity index (χ2n) is 6.08. The molecule has 0 saturated heterocycles. The largest absolute Gasteiger partial charge is 0.494 e. The number of carbonyl (C=O) groups is 1. The maximum atomic E-state index is 12.0. The maximum Gasteiger partial charge on any atom is 0.244 e. The molecule has 1 amide bonds. The Morgan fingerprint density at radius 3 is 2.56 bits per heavy atom. The molecule has 0 aliphatic carbocycles. The van der Waals surface area contributed by atoms with E-state index in [0.29, 0.717) is 19.7 Å². The molecule has 4 heteroatoms. The molecule has 4 nitrogen and oxygen atoms in total. The summed E-state index contributed by atoms with van der Waals surface area (Å²) in [4.78, 5) is 12.0. The number of hydrogen-bond acceptors (Lipinski definition) is 3. The van der Waals surface area contributed by atoms with Gasteiger partial charge in [-0.25, -0.2) is 0 Å². The van der Waals surface area contributed by atoms with Crippen LogP contribution in [-0.4, -0.2) is 25.6 Å². The number of hydrogen-bond donors (Lipinski definition) is 2. The number of ether oxygens (including phenoxy) is 1. The highest BCUT2D eigenvalue weighted by Gasteiger charge is 2.00. The molecule has 0 aliphatic rings. The van der Waals surface area contributed by atoms with E-state index in [0.717, 1.165) is 17.0 Å². The van der Waals surface area contributed by atoms with Crippen molar-refractivity contribution in [2.45, 2.75) is 6.92 Å². The fourth-order valence-electron chi connectivity index (χ4n) is 2.84. The van der Waals surface area contributed by atoms with Crippen LogP contribution in [0.3, 0.4) is 0 Å². The van der Waals surface area contributed by atoms with Crippen LogP contribution in [-0.2, 0) is 4.79 Å². The van der Waals surface area contributed by atoms with Crippen molar-refractivity contribution in [1.29, 1.82) is 0 Å². The highest BCUT2D eigenvalue weighted by Crippen LogP contribution is 2.22. The van der Waals surface area contributed by atoms with Gasteiger partial charge in [0.2, 0.25) is 5.91 Å². The molecule has 2 N–H and O–H groups in total. The summed E-state index contributed by atoms with van der Waals surface area (Å²) in [6.07, 6.45) is 3.34. The number of amides is 1. The van der Waals surface area contributed by atoms with Gasteiger partial charge in [0.25, 0.3) is 0 Å². The molecule has 3 aromatic carbocycles. The van der Waals surface area contributed by atoms with Crippen LogP contribution < -0.4 is 15.4 Å². The Bertz CT molecular complexity index is 912. The minimum atomic E-state index is -0.108. The van der Waals surface area contributed by atoms with Crippen molar-refractivity contribution in [1.82, 2.24) is 5.32 Å². The molecular formula is C23H24N2O2. The lowest BCUT2D eigenvalue weighted by atomic mass is 10.1. The van der Waals surface area contributed by atoms with Gasteiger partial charge in [-0.2, -0.15) is 0 Å². The molecule has 0 bridgehead atoms. The maximum absolute atomic E-state index is 12.0. The van der Waals surface area contributed by atoms with Crippen LogP contribution in [0.4, 0.5) is 5.69 Å². The Kier molecular flexibility index (Phi) is 6.47. The first-order valence-corrected chi connectivity index (χ1v) is 9.16. The summed E-state index contributed by atoms with van der Waals surface area (Å²) in [6, 6.07) is 22.1. The average molecular weight is 360 g/mol. The molecular weight excluding hydrogens is 336 g/mol. The highest BCUT2D eigenvalue weighted by molar-refractivity contribution is 5.94. The second kappa shape index (κ2) is 9.43. The fourth-order valence-corrected chi connectivity index (χ4v) is 2.84. The third kappa shape index (κ3) is 5.35. The van der Waals surface area contributed by atoms with Gasteiger partial charge in [0.05, 0.1) is 6.61 Å². The smallest absolute Gasteiger partial charge is 0.244 e. The molecule has 138 valence electrons. The molecule has 0 saturated carbocycles. The summed E-state index contributed by atoms with van der Waals surface area (Å²) in [6.45, 7) is 3.81. The van der Waals surface area contributed by atoms with Gasteiger partial charge in [-0.15, -0.1) is 0 Å². The SMILES string of the molecule is CCOc1ccc(/C=C/C(=O)NCCNc2cccc3ccccc23)cc1. The van der Waals surface area contributed by atoms with Crippen molar-refractivity contribution in [2.75, 3.05) is 25.0 Å². The lowest BCUT2D eigenvalue weighted by Crippen LogP contribution is -2.27. The third-order valence-electron chi connectivity index (χ3n) is 4.15. The normalized spacial score (nSPS) is 10.9. The first-order valence-electron chi connectivity index (χ1n) is 9.16. The van der Waals surface area contributed by atoms with E-state index in [4.69, 9.17) is 4.74 Å². The number of benzene rings is 3. The van der Waals surface area contributed by atoms with Gasteiger partial charge in [0, 0.05) is 30.2 Å². The second-order valence-corrected chi connectivity index (χ2v) is 6.08. The summed E-state index contributed by atoms with van der Waals surface area (Å²) in [5, 5.41) is 8.65. The van der Waals surface area contributed by atoms with Gasteiger partial charge in [-0.3, -0.25) is 4.79 Å². The summed E-state index contributed by atoms with van der Waals surface area (Å²) < 4.78 is 5.40. The number of nitrogens with one attached hydrogen (secondary N) is 2. The fraction of sp³-hybridized carbons (Fsp3) is 0.174. The van der Waals surface area contributed by atoms with Crippen LogP contribution >= 0.6 is 0 Å². The van der Waals surface area contributed by atoms with Crippen LogP contribution in [0.25, 0.3) is 16.8 Å². The molecule has 0 aromatic heterocycles. The van der Waals surface area contributed by atoms with Gasteiger partial charge in [-0.05, 0) is 42.1 Å². The summed E-state index contributed by atoms with van der Waals surface area (Å²) in [7, 11) is 0. The molecule has 0 aliphatic heterocycles. The third-order valence-corrected chi connectivity index (χ3v) is 4.15. The zero-order chi connectivity index (χ0) is 18.9. The van der Waals surface area contributed by atoms with Gasteiger partial charge in [0.15, 0.2) is 0 Å². The van der Waals surface area contributed by atoms with Crippen molar-refractivity contribution in [2.24, 2.45) is 0 Å². The Morgan fingerprint density at radius 2 is 1.74 bits per heavy atom. The molecule has 3 rings (SSSR count). The van der Waals surface area contributed by atoms with E-state index < -0.39 is 0 Å². The van der Waals surface area contributed by atoms with Crippen molar-refractivity contribution in [3.63, 3.8) is 0 Å². The first kappa shape index (κ1) is 18.5. The number of anilines is 1. The van der Waals surface area contributed by atoms with Crippen LogP contribution in [0.15, 0.2) is 72.8 Å². The zero-order valence-electron chi connectivity index (χ0n) is 15.4. The van der Waals surface area contributed by atoms with Crippen molar-refractivity contribution in [3.05, 3.63) is 78.4 Å². The molecule has 0 fully saturated rings. The average Bonchev–Trinajstić information content (AvgIpc) is 2.71. The monoisotopic (exact) mass is 360 g/mol. The van der Waals surface area contributed by atoms with Crippen molar-refractivity contribution in [3.8, 4) is 5.75 Å². The summed E-state index contributed by atoms with van der Waals surface area (Å²) in [5.41, 5.74) is 2.04. The molecule has 0 atom stereocenters. The van der Waals surface area contributed by atoms with E-state index in [-0.39, 0.29) is 5.91 Å².